The Morgan fingerprint density at radius 1 is 1.24 bits per heavy atom. The van der Waals surface area contributed by atoms with E-state index in [1.54, 1.807) is 9.80 Å². The second-order valence-electron chi connectivity index (χ2n) is 5.89. The molecular formula is C17H24N2O2. The van der Waals surface area contributed by atoms with Crippen LogP contribution in [0.5, 0.6) is 0 Å². The normalized spacial score (nSPS) is 19.3. The molecule has 0 bridgehead atoms. The molecule has 1 heterocycles. The standard InChI is InChI=1S/C17H24N2O2/c1-5-8-18-11-16(20)19(14(4)17(18)21)10-15-9-12(2)6-7-13(15)3/h6-7,9,14H,5,8,10-11H2,1-4H3/t14-/m1/s1. The zero-order chi connectivity index (χ0) is 15.6. The van der Waals surface area contributed by atoms with Crippen LogP contribution in [0.1, 0.15) is 37.0 Å². The van der Waals surface area contributed by atoms with Gasteiger partial charge in [-0.1, -0.05) is 30.7 Å². The molecule has 0 aromatic heterocycles. The average Bonchev–Trinajstić information content (AvgIpc) is 2.44. The van der Waals surface area contributed by atoms with Gasteiger partial charge in [0.1, 0.15) is 6.04 Å². The van der Waals surface area contributed by atoms with Gasteiger partial charge in [-0.3, -0.25) is 9.59 Å². The van der Waals surface area contributed by atoms with Gasteiger partial charge >= 0.3 is 0 Å². The van der Waals surface area contributed by atoms with Crippen LogP contribution in [0.2, 0.25) is 0 Å². The van der Waals surface area contributed by atoms with Crippen molar-refractivity contribution in [3.63, 3.8) is 0 Å². The summed E-state index contributed by atoms with van der Waals surface area (Å²) in [5.41, 5.74) is 3.45. The summed E-state index contributed by atoms with van der Waals surface area (Å²) in [7, 11) is 0. The van der Waals surface area contributed by atoms with Crippen molar-refractivity contribution < 1.29 is 9.59 Å². The minimum absolute atomic E-state index is 0.0384. The highest BCUT2D eigenvalue weighted by atomic mass is 16.2. The number of hydrogen-bond donors (Lipinski definition) is 0. The fourth-order valence-electron chi connectivity index (χ4n) is 2.78. The van der Waals surface area contributed by atoms with E-state index in [0.29, 0.717) is 13.1 Å². The molecule has 0 aliphatic carbocycles. The van der Waals surface area contributed by atoms with Gasteiger partial charge in [-0.15, -0.1) is 0 Å². The van der Waals surface area contributed by atoms with Gasteiger partial charge in [0, 0.05) is 13.1 Å². The van der Waals surface area contributed by atoms with Crippen LogP contribution in [0.25, 0.3) is 0 Å². The summed E-state index contributed by atoms with van der Waals surface area (Å²) in [6.07, 6.45) is 0.878. The lowest BCUT2D eigenvalue weighted by molar-refractivity contribution is -0.155. The summed E-state index contributed by atoms with van der Waals surface area (Å²) in [6, 6.07) is 5.85. The average molecular weight is 288 g/mol. The lowest BCUT2D eigenvalue weighted by Crippen LogP contribution is -2.58. The van der Waals surface area contributed by atoms with E-state index in [4.69, 9.17) is 0 Å². The summed E-state index contributed by atoms with van der Waals surface area (Å²) in [5, 5.41) is 0. The molecule has 2 amide bonds. The molecule has 21 heavy (non-hydrogen) atoms. The van der Waals surface area contributed by atoms with Crippen molar-refractivity contribution in [3.05, 3.63) is 34.9 Å². The van der Waals surface area contributed by atoms with Gasteiger partial charge < -0.3 is 9.80 Å². The summed E-state index contributed by atoms with van der Waals surface area (Å²) >= 11 is 0. The maximum Gasteiger partial charge on any atom is 0.245 e. The first-order chi connectivity index (χ1) is 9.93. The van der Waals surface area contributed by atoms with E-state index < -0.39 is 0 Å². The third kappa shape index (κ3) is 3.26. The van der Waals surface area contributed by atoms with Crippen LogP contribution >= 0.6 is 0 Å². The van der Waals surface area contributed by atoms with Crippen LogP contribution in [-0.2, 0) is 16.1 Å². The molecule has 114 valence electrons. The molecule has 1 aliphatic rings. The zero-order valence-corrected chi connectivity index (χ0v) is 13.3. The number of hydrogen-bond acceptors (Lipinski definition) is 2. The summed E-state index contributed by atoms with van der Waals surface area (Å²) in [5.74, 6) is 0.0956. The highest BCUT2D eigenvalue weighted by molar-refractivity contribution is 5.94. The predicted molar refractivity (Wildman–Crippen MR) is 82.8 cm³/mol. The van der Waals surface area contributed by atoms with E-state index in [1.165, 1.54) is 5.56 Å². The van der Waals surface area contributed by atoms with Crippen molar-refractivity contribution in [2.24, 2.45) is 0 Å². The fourth-order valence-corrected chi connectivity index (χ4v) is 2.78. The molecule has 4 heteroatoms. The molecule has 1 aromatic carbocycles. The van der Waals surface area contributed by atoms with Crippen molar-refractivity contribution in [3.8, 4) is 0 Å². The first kappa shape index (κ1) is 15.5. The summed E-state index contributed by atoms with van der Waals surface area (Å²) in [4.78, 5) is 28.1. The van der Waals surface area contributed by atoms with Gasteiger partial charge in [-0.2, -0.15) is 0 Å². The maximum absolute atomic E-state index is 12.4. The van der Waals surface area contributed by atoms with Gasteiger partial charge in [-0.05, 0) is 38.3 Å². The zero-order valence-electron chi connectivity index (χ0n) is 13.3. The number of rotatable bonds is 4. The fraction of sp³-hybridized carbons (Fsp3) is 0.529. The second kappa shape index (κ2) is 6.29. The monoisotopic (exact) mass is 288 g/mol. The maximum atomic E-state index is 12.4. The second-order valence-corrected chi connectivity index (χ2v) is 5.89. The topological polar surface area (TPSA) is 40.6 Å². The van der Waals surface area contributed by atoms with E-state index in [1.807, 2.05) is 27.7 Å². The Kier molecular flexibility index (Phi) is 4.66. The molecule has 0 unspecified atom stereocenters. The Bertz CT molecular complexity index is 554. The molecule has 1 aliphatic heterocycles. The number of amides is 2. The van der Waals surface area contributed by atoms with E-state index in [9.17, 15) is 9.59 Å². The van der Waals surface area contributed by atoms with Gasteiger partial charge in [0.25, 0.3) is 0 Å². The molecule has 4 nitrogen and oxygen atoms in total. The SMILES string of the molecule is CCCN1CC(=O)N(Cc2cc(C)ccc2C)[C@H](C)C1=O. The first-order valence-electron chi connectivity index (χ1n) is 7.58. The molecule has 1 atom stereocenters. The van der Waals surface area contributed by atoms with Crippen LogP contribution in [0.15, 0.2) is 18.2 Å². The van der Waals surface area contributed by atoms with Crippen molar-refractivity contribution in [2.75, 3.05) is 13.1 Å². The molecule has 1 saturated heterocycles. The van der Waals surface area contributed by atoms with Crippen LogP contribution in [0.3, 0.4) is 0 Å². The largest absolute Gasteiger partial charge is 0.332 e. The molecule has 0 N–H and O–H groups in total. The van der Waals surface area contributed by atoms with Gasteiger partial charge in [0.05, 0.1) is 6.54 Å². The van der Waals surface area contributed by atoms with Gasteiger partial charge in [0.15, 0.2) is 0 Å². The van der Waals surface area contributed by atoms with Crippen molar-refractivity contribution in [1.29, 1.82) is 0 Å². The first-order valence-corrected chi connectivity index (χ1v) is 7.58. The minimum atomic E-state index is -0.377. The molecule has 0 saturated carbocycles. The van der Waals surface area contributed by atoms with Crippen LogP contribution in [-0.4, -0.2) is 40.7 Å². The Labute approximate surface area is 126 Å². The Morgan fingerprint density at radius 2 is 1.95 bits per heavy atom. The molecule has 1 fully saturated rings. The molecule has 1 aromatic rings. The van der Waals surface area contributed by atoms with Crippen molar-refractivity contribution in [2.45, 2.75) is 46.7 Å². The minimum Gasteiger partial charge on any atom is -0.332 e. The van der Waals surface area contributed by atoms with Gasteiger partial charge in [-0.25, -0.2) is 0 Å². The van der Waals surface area contributed by atoms with Crippen LogP contribution < -0.4 is 0 Å². The Hall–Kier alpha value is -1.84. The van der Waals surface area contributed by atoms with Crippen molar-refractivity contribution in [1.82, 2.24) is 9.80 Å². The lowest BCUT2D eigenvalue weighted by atomic mass is 10.0. The van der Waals surface area contributed by atoms with Gasteiger partial charge in [0.2, 0.25) is 11.8 Å². The number of carbonyl (C=O) groups is 2. The van der Waals surface area contributed by atoms with Crippen LogP contribution in [0.4, 0.5) is 0 Å². The molecular weight excluding hydrogens is 264 g/mol. The predicted octanol–water partition coefficient (Wildman–Crippen LogP) is 2.27. The van der Waals surface area contributed by atoms with E-state index in [2.05, 4.69) is 18.2 Å². The van der Waals surface area contributed by atoms with Crippen LogP contribution in [0, 0.1) is 13.8 Å². The number of carbonyl (C=O) groups excluding carboxylic acids is 2. The third-order valence-electron chi connectivity index (χ3n) is 4.12. The highest BCUT2D eigenvalue weighted by Gasteiger charge is 2.35. The lowest BCUT2D eigenvalue weighted by Gasteiger charge is -2.39. The van der Waals surface area contributed by atoms with E-state index >= 15 is 0 Å². The molecule has 2 rings (SSSR count). The molecule has 0 spiro atoms. The summed E-state index contributed by atoms with van der Waals surface area (Å²) < 4.78 is 0. The highest BCUT2D eigenvalue weighted by Crippen LogP contribution is 2.19. The van der Waals surface area contributed by atoms with E-state index in [0.717, 1.165) is 17.5 Å². The summed E-state index contributed by atoms with van der Waals surface area (Å²) in [6.45, 7) is 9.31. The number of nitrogens with zero attached hydrogens (tertiary/aromatic N) is 2. The Balaban J connectivity index is 2.18. The Morgan fingerprint density at radius 3 is 2.62 bits per heavy atom. The third-order valence-corrected chi connectivity index (χ3v) is 4.12. The number of benzene rings is 1. The smallest absolute Gasteiger partial charge is 0.245 e. The quantitative estimate of drug-likeness (QED) is 0.853. The van der Waals surface area contributed by atoms with E-state index in [-0.39, 0.29) is 24.4 Å². The van der Waals surface area contributed by atoms with Crippen molar-refractivity contribution >= 4 is 11.8 Å². The molecule has 0 radical (unpaired) electrons. The number of aryl methyl sites for hydroxylation is 2. The number of piperazine rings is 1.